The average molecular weight is 486 g/mol. The number of hydrogen-bond acceptors (Lipinski definition) is 6. The van der Waals surface area contributed by atoms with E-state index in [-0.39, 0.29) is 11.8 Å². The second-order valence-electron chi connectivity index (χ2n) is 7.94. The first-order valence-corrected chi connectivity index (χ1v) is 11.9. The number of nitrogens with one attached hydrogen (secondary N) is 1. The number of aryl methyl sites for hydroxylation is 2. The molecule has 0 bridgehead atoms. The van der Waals surface area contributed by atoms with Gasteiger partial charge in [0.25, 0.3) is 0 Å². The summed E-state index contributed by atoms with van der Waals surface area (Å²) in [6.45, 7) is 7.77. The van der Waals surface area contributed by atoms with Crippen molar-refractivity contribution in [1.82, 2.24) is 14.8 Å². The van der Waals surface area contributed by atoms with E-state index in [4.69, 9.17) is 16.6 Å². The van der Waals surface area contributed by atoms with Crippen LogP contribution in [-0.4, -0.2) is 43.3 Å². The fraction of sp³-hybridized carbons (Fsp3) is 0.348. The highest BCUT2D eigenvalue weighted by atomic mass is 35.5. The number of benzene rings is 1. The summed E-state index contributed by atoms with van der Waals surface area (Å²) in [7, 11) is 0. The van der Waals surface area contributed by atoms with Crippen molar-refractivity contribution >= 4 is 46.2 Å². The SMILES string of the molecule is CCC(C(=O)O)C1N=C(c2cccc(NC(=O)CCl)c2)c2c(sc(C)c2C)-n2c(C)nnc21. The molecule has 1 aromatic carbocycles. The lowest BCUT2D eigenvalue weighted by Crippen LogP contribution is -2.23. The Labute approximate surface area is 200 Å². The number of aliphatic imine (C=N–C) groups is 1. The number of halogens is 1. The minimum absolute atomic E-state index is 0.148. The van der Waals surface area contributed by atoms with E-state index in [1.54, 1.807) is 17.4 Å². The summed E-state index contributed by atoms with van der Waals surface area (Å²) in [4.78, 5) is 30.1. The van der Waals surface area contributed by atoms with E-state index in [9.17, 15) is 14.7 Å². The third-order valence-corrected chi connectivity index (χ3v) is 7.30. The second kappa shape index (κ2) is 9.07. The number of anilines is 1. The molecular weight excluding hydrogens is 462 g/mol. The van der Waals surface area contributed by atoms with Gasteiger partial charge in [0, 0.05) is 21.7 Å². The van der Waals surface area contributed by atoms with Gasteiger partial charge >= 0.3 is 5.97 Å². The molecular formula is C23H24ClN5O3S. The van der Waals surface area contributed by atoms with Gasteiger partial charge in [-0.1, -0.05) is 19.1 Å². The van der Waals surface area contributed by atoms with Gasteiger partial charge in [0.1, 0.15) is 22.7 Å². The van der Waals surface area contributed by atoms with Crippen LogP contribution in [0.4, 0.5) is 5.69 Å². The standard InChI is InChI=1S/C23H24ClN5O3S/c1-5-16(23(31)32)20-21-28-27-13(4)29(21)22-18(11(2)12(3)33-22)19(26-20)14-7-6-8-15(9-14)25-17(30)10-24/h6-9,16,20H,5,10H2,1-4H3,(H,25,30)(H,31,32). The molecule has 2 aromatic heterocycles. The Hall–Kier alpha value is -3.04. The maximum atomic E-state index is 12.2. The number of alkyl halides is 1. The maximum Gasteiger partial charge on any atom is 0.309 e. The third-order valence-electron chi connectivity index (χ3n) is 5.87. The lowest BCUT2D eigenvalue weighted by molar-refractivity contribution is -0.142. The number of hydrogen-bond donors (Lipinski definition) is 2. The molecule has 0 spiro atoms. The summed E-state index contributed by atoms with van der Waals surface area (Å²) >= 11 is 7.26. The van der Waals surface area contributed by atoms with Crippen LogP contribution in [0.2, 0.25) is 0 Å². The molecule has 0 saturated carbocycles. The predicted octanol–water partition coefficient (Wildman–Crippen LogP) is 4.43. The summed E-state index contributed by atoms with van der Waals surface area (Å²) in [5, 5.41) is 22.3. The van der Waals surface area contributed by atoms with Gasteiger partial charge in [-0.2, -0.15) is 0 Å². The van der Waals surface area contributed by atoms with Gasteiger partial charge < -0.3 is 10.4 Å². The molecule has 2 N–H and O–H groups in total. The molecule has 2 atom stereocenters. The topological polar surface area (TPSA) is 109 Å². The van der Waals surface area contributed by atoms with Crippen LogP contribution in [0.15, 0.2) is 29.3 Å². The molecule has 0 fully saturated rings. The van der Waals surface area contributed by atoms with Crippen molar-refractivity contribution in [1.29, 1.82) is 0 Å². The molecule has 172 valence electrons. The highest BCUT2D eigenvalue weighted by molar-refractivity contribution is 7.15. The molecule has 0 radical (unpaired) electrons. The minimum Gasteiger partial charge on any atom is -0.481 e. The molecule has 8 nitrogen and oxygen atoms in total. The highest BCUT2D eigenvalue weighted by Crippen LogP contribution is 2.41. The monoisotopic (exact) mass is 485 g/mol. The van der Waals surface area contributed by atoms with Crippen molar-refractivity contribution < 1.29 is 14.7 Å². The average Bonchev–Trinajstić information content (AvgIpc) is 3.25. The van der Waals surface area contributed by atoms with Gasteiger partial charge in [0.05, 0.1) is 11.6 Å². The number of carboxylic acid groups (broad SMARTS) is 1. The molecule has 3 aromatic rings. The zero-order chi connectivity index (χ0) is 23.9. The molecule has 1 aliphatic rings. The number of fused-ring (bicyclic) bond motifs is 3. The van der Waals surface area contributed by atoms with E-state index in [0.29, 0.717) is 29.5 Å². The fourth-order valence-electron chi connectivity index (χ4n) is 4.09. The van der Waals surface area contributed by atoms with Gasteiger partial charge in [-0.25, -0.2) is 0 Å². The Balaban J connectivity index is 1.99. The van der Waals surface area contributed by atoms with E-state index in [1.807, 2.05) is 50.5 Å². The van der Waals surface area contributed by atoms with Crippen molar-refractivity contribution in [3.8, 4) is 5.00 Å². The van der Waals surface area contributed by atoms with Crippen molar-refractivity contribution in [2.75, 3.05) is 11.2 Å². The summed E-state index contributed by atoms with van der Waals surface area (Å²) in [5.41, 5.74) is 4.01. The summed E-state index contributed by atoms with van der Waals surface area (Å²) in [6, 6.07) is 6.63. The number of aliphatic carboxylic acids is 1. The molecule has 33 heavy (non-hydrogen) atoms. The quantitative estimate of drug-likeness (QED) is 0.502. The van der Waals surface area contributed by atoms with Crippen molar-refractivity contribution in [2.24, 2.45) is 10.9 Å². The van der Waals surface area contributed by atoms with Crippen LogP contribution < -0.4 is 5.32 Å². The number of rotatable bonds is 6. The van der Waals surface area contributed by atoms with Gasteiger partial charge in [0.15, 0.2) is 5.82 Å². The van der Waals surface area contributed by atoms with Crippen LogP contribution >= 0.6 is 22.9 Å². The summed E-state index contributed by atoms with van der Waals surface area (Å²) < 4.78 is 1.94. The van der Waals surface area contributed by atoms with Crippen LogP contribution in [0.1, 0.15) is 52.6 Å². The number of aromatic nitrogens is 3. The molecule has 0 aliphatic carbocycles. The van der Waals surface area contributed by atoms with Crippen molar-refractivity contribution in [2.45, 2.75) is 40.2 Å². The van der Waals surface area contributed by atoms with Crippen molar-refractivity contribution in [3.63, 3.8) is 0 Å². The Morgan fingerprint density at radius 3 is 2.70 bits per heavy atom. The zero-order valence-corrected chi connectivity index (χ0v) is 20.3. The molecule has 0 saturated heterocycles. The van der Waals surface area contributed by atoms with Crippen LogP contribution in [0.5, 0.6) is 0 Å². The van der Waals surface area contributed by atoms with E-state index in [1.165, 1.54) is 0 Å². The lowest BCUT2D eigenvalue weighted by Gasteiger charge is -2.19. The van der Waals surface area contributed by atoms with Crippen LogP contribution in [0.25, 0.3) is 5.00 Å². The summed E-state index contributed by atoms with van der Waals surface area (Å²) in [5.74, 6) is -0.958. The molecule has 10 heteroatoms. The fourth-order valence-corrected chi connectivity index (χ4v) is 5.37. The van der Waals surface area contributed by atoms with Crippen molar-refractivity contribution in [3.05, 3.63) is 57.5 Å². The van der Waals surface area contributed by atoms with Gasteiger partial charge in [0.2, 0.25) is 5.91 Å². The van der Waals surface area contributed by atoms with E-state index in [2.05, 4.69) is 15.5 Å². The highest BCUT2D eigenvalue weighted by Gasteiger charge is 2.37. The summed E-state index contributed by atoms with van der Waals surface area (Å²) in [6.07, 6.45) is 0.389. The number of carboxylic acids is 1. The van der Waals surface area contributed by atoms with E-state index in [0.717, 1.165) is 26.6 Å². The molecule has 3 heterocycles. The zero-order valence-electron chi connectivity index (χ0n) is 18.7. The normalized spacial score (nSPS) is 15.8. The van der Waals surface area contributed by atoms with Crippen LogP contribution in [0, 0.1) is 26.7 Å². The second-order valence-corrected chi connectivity index (χ2v) is 9.41. The maximum absolute atomic E-state index is 12.2. The Bertz CT molecular complexity index is 1280. The number of nitrogens with zero attached hydrogens (tertiary/aromatic N) is 4. The van der Waals surface area contributed by atoms with Crippen LogP contribution in [-0.2, 0) is 9.59 Å². The molecule has 2 unspecified atom stereocenters. The number of amides is 1. The predicted molar refractivity (Wildman–Crippen MR) is 129 cm³/mol. The number of thiophene rings is 1. The molecule has 1 aliphatic heterocycles. The lowest BCUT2D eigenvalue weighted by atomic mass is 9.95. The van der Waals surface area contributed by atoms with Gasteiger partial charge in [-0.3, -0.25) is 19.1 Å². The Kier molecular flexibility index (Phi) is 6.36. The molecule has 1 amide bonds. The number of carbonyl (C=O) groups excluding carboxylic acids is 1. The van der Waals surface area contributed by atoms with Gasteiger partial charge in [-0.05, 0) is 44.9 Å². The number of carbonyl (C=O) groups is 2. The largest absolute Gasteiger partial charge is 0.481 e. The van der Waals surface area contributed by atoms with Crippen LogP contribution in [0.3, 0.4) is 0 Å². The first-order chi connectivity index (χ1) is 15.8. The first-order valence-electron chi connectivity index (χ1n) is 10.6. The van der Waals surface area contributed by atoms with E-state index >= 15 is 0 Å². The molecule has 4 rings (SSSR count). The third kappa shape index (κ3) is 4.06. The van der Waals surface area contributed by atoms with E-state index < -0.39 is 17.9 Å². The smallest absolute Gasteiger partial charge is 0.309 e. The Morgan fingerprint density at radius 2 is 2.03 bits per heavy atom. The Morgan fingerprint density at radius 1 is 1.27 bits per heavy atom. The van der Waals surface area contributed by atoms with Gasteiger partial charge in [-0.15, -0.1) is 33.1 Å². The first kappa shape index (κ1) is 23.1. The minimum atomic E-state index is -0.931.